The Bertz CT molecular complexity index is 785. The number of halogens is 1. The van der Waals surface area contributed by atoms with Crippen molar-refractivity contribution in [2.24, 2.45) is 5.92 Å². The minimum Gasteiger partial charge on any atom is -0.335 e. The van der Waals surface area contributed by atoms with Gasteiger partial charge >= 0.3 is 0 Å². The lowest BCUT2D eigenvalue weighted by atomic mass is 10.1. The Balaban J connectivity index is 1.67. The molecule has 3 rings (SSSR count). The largest absolute Gasteiger partial charge is 0.335 e. The number of nitrogens with zero attached hydrogens (tertiary/aromatic N) is 1. The van der Waals surface area contributed by atoms with Gasteiger partial charge in [-0.05, 0) is 61.7 Å². The van der Waals surface area contributed by atoms with Gasteiger partial charge in [0, 0.05) is 29.2 Å². The van der Waals surface area contributed by atoms with Gasteiger partial charge in [0.2, 0.25) is 5.91 Å². The SMILES string of the molecule is CC(c1cccc(Cl)c1)N(C)C(=O)c1ccc(NC(=O)C2CC2)cc1. The van der Waals surface area contributed by atoms with E-state index in [4.69, 9.17) is 11.6 Å². The van der Waals surface area contributed by atoms with Crippen LogP contribution in [0.5, 0.6) is 0 Å². The first-order chi connectivity index (χ1) is 12.0. The molecule has 1 fully saturated rings. The number of carbonyl (C=O) groups excluding carboxylic acids is 2. The minimum atomic E-state index is -0.0968. The van der Waals surface area contributed by atoms with Gasteiger partial charge in [-0.2, -0.15) is 0 Å². The number of rotatable bonds is 5. The lowest BCUT2D eigenvalue weighted by Gasteiger charge is -2.25. The molecule has 0 spiro atoms. The molecule has 0 radical (unpaired) electrons. The summed E-state index contributed by atoms with van der Waals surface area (Å²) in [5.41, 5.74) is 2.29. The lowest BCUT2D eigenvalue weighted by Crippen LogP contribution is -2.29. The first-order valence-corrected chi connectivity index (χ1v) is 8.77. The molecule has 1 aliphatic carbocycles. The zero-order valence-electron chi connectivity index (χ0n) is 14.3. The normalized spacial score (nSPS) is 14.7. The molecule has 0 saturated heterocycles. The number of hydrogen-bond acceptors (Lipinski definition) is 2. The number of anilines is 1. The summed E-state index contributed by atoms with van der Waals surface area (Å²) >= 11 is 6.04. The molecule has 1 N–H and O–H groups in total. The highest BCUT2D eigenvalue weighted by molar-refractivity contribution is 6.30. The van der Waals surface area contributed by atoms with Gasteiger partial charge in [-0.15, -0.1) is 0 Å². The lowest BCUT2D eigenvalue weighted by molar-refractivity contribution is -0.117. The molecule has 2 aromatic carbocycles. The Labute approximate surface area is 152 Å². The summed E-state index contributed by atoms with van der Waals surface area (Å²) in [6, 6.07) is 14.4. The molecular weight excluding hydrogens is 336 g/mol. The molecule has 130 valence electrons. The molecule has 5 heteroatoms. The van der Waals surface area contributed by atoms with Crippen LogP contribution in [0.1, 0.15) is 41.7 Å². The molecule has 1 unspecified atom stereocenters. The zero-order valence-corrected chi connectivity index (χ0v) is 15.1. The Hall–Kier alpha value is -2.33. The van der Waals surface area contributed by atoms with Crippen LogP contribution in [0.25, 0.3) is 0 Å². The Kier molecular flexibility index (Phi) is 5.09. The zero-order chi connectivity index (χ0) is 18.0. The van der Waals surface area contributed by atoms with Crippen LogP contribution in [0.2, 0.25) is 5.02 Å². The van der Waals surface area contributed by atoms with Crippen LogP contribution in [0, 0.1) is 5.92 Å². The van der Waals surface area contributed by atoms with E-state index in [2.05, 4.69) is 5.32 Å². The van der Waals surface area contributed by atoms with Crippen LogP contribution in [0.3, 0.4) is 0 Å². The molecule has 1 atom stereocenters. The predicted molar refractivity (Wildman–Crippen MR) is 99.8 cm³/mol. The Morgan fingerprint density at radius 3 is 2.44 bits per heavy atom. The van der Waals surface area contributed by atoms with Gasteiger partial charge in [-0.25, -0.2) is 0 Å². The van der Waals surface area contributed by atoms with Crippen molar-refractivity contribution >= 4 is 29.1 Å². The average Bonchev–Trinajstić information content (AvgIpc) is 3.45. The summed E-state index contributed by atoms with van der Waals surface area (Å²) in [4.78, 5) is 26.2. The number of benzene rings is 2. The molecular formula is C20H21ClN2O2. The van der Waals surface area contributed by atoms with Crippen molar-refractivity contribution in [1.82, 2.24) is 4.90 Å². The Morgan fingerprint density at radius 2 is 1.84 bits per heavy atom. The highest BCUT2D eigenvalue weighted by Crippen LogP contribution is 2.30. The van der Waals surface area contributed by atoms with Crippen molar-refractivity contribution in [3.63, 3.8) is 0 Å². The van der Waals surface area contributed by atoms with Crippen LogP contribution in [-0.2, 0) is 4.79 Å². The van der Waals surface area contributed by atoms with Crippen molar-refractivity contribution in [2.75, 3.05) is 12.4 Å². The summed E-state index contributed by atoms with van der Waals surface area (Å²) in [6.45, 7) is 1.97. The van der Waals surface area contributed by atoms with Gasteiger partial charge in [0.1, 0.15) is 0 Å². The molecule has 2 aromatic rings. The highest BCUT2D eigenvalue weighted by atomic mass is 35.5. The van der Waals surface area contributed by atoms with Gasteiger partial charge in [0.05, 0.1) is 6.04 Å². The van der Waals surface area contributed by atoms with E-state index in [0.717, 1.165) is 24.1 Å². The van der Waals surface area contributed by atoms with Gasteiger partial charge < -0.3 is 10.2 Å². The molecule has 2 amide bonds. The molecule has 0 aromatic heterocycles. The number of hydrogen-bond donors (Lipinski definition) is 1. The summed E-state index contributed by atoms with van der Waals surface area (Å²) in [7, 11) is 1.77. The van der Waals surface area contributed by atoms with Gasteiger partial charge in [-0.1, -0.05) is 23.7 Å². The second kappa shape index (κ2) is 7.28. The third-order valence-corrected chi connectivity index (χ3v) is 4.81. The van der Waals surface area contributed by atoms with E-state index in [9.17, 15) is 9.59 Å². The summed E-state index contributed by atoms with van der Waals surface area (Å²) in [5.74, 6) is 0.143. The summed E-state index contributed by atoms with van der Waals surface area (Å²) in [6.07, 6.45) is 1.93. The first-order valence-electron chi connectivity index (χ1n) is 8.39. The van der Waals surface area contributed by atoms with E-state index >= 15 is 0 Å². The fourth-order valence-corrected chi connectivity index (χ4v) is 2.85. The van der Waals surface area contributed by atoms with Crippen molar-refractivity contribution in [1.29, 1.82) is 0 Å². The van der Waals surface area contributed by atoms with E-state index in [1.807, 2.05) is 31.2 Å². The van der Waals surface area contributed by atoms with E-state index in [0.29, 0.717) is 10.6 Å². The molecule has 1 saturated carbocycles. The third-order valence-electron chi connectivity index (χ3n) is 4.58. The van der Waals surface area contributed by atoms with Crippen LogP contribution < -0.4 is 5.32 Å². The third kappa shape index (κ3) is 4.20. The van der Waals surface area contributed by atoms with Crippen LogP contribution in [0.4, 0.5) is 5.69 Å². The summed E-state index contributed by atoms with van der Waals surface area (Å²) in [5, 5.41) is 3.53. The number of nitrogens with one attached hydrogen (secondary N) is 1. The fourth-order valence-electron chi connectivity index (χ4n) is 2.66. The maximum absolute atomic E-state index is 12.7. The van der Waals surface area contributed by atoms with Crippen molar-refractivity contribution in [3.05, 3.63) is 64.7 Å². The number of amides is 2. The average molecular weight is 357 g/mol. The smallest absolute Gasteiger partial charge is 0.254 e. The van der Waals surface area contributed by atoms with Crippen molar-refractivity contribution in [3.8, 4) is 0 Å². The van der Waals surface area contributed by atoms with Crippen LogP contribution in [0.15, 0.2) is 48.5 Å². The molecule has 0 aliphatic heterocycles. The predicted octanol–water partition coefficient (Wildman–Crippen LogP) is 4.52. The van der Waals surface area contributed by atoms with Crippen molar-refractivity contribution < 1.29 is 9.59 Å². The van der Waals surface area contributed by atoms with Crippen molar-refractivity contribution in [2.45, 2.75) is 25.8 Å². The summed E-state index contributed by atoms with van der Waals surface area (Å²) < 4.78 is 0. The van der Waals surface area contributed by atoms with Gasteiger partial charge in [-0.3, -0.25) is 9.59 Å². The van der Waals surface area contributed by atoms with Crippen LogP contribution in [-0.4, -0.2) is 23.8 Å². The maximum Gasteiger partial charge on any atom is 0.254 e. The quantitative estimate of drug-likeness (QED) is 0.856. The Morgan fingerprint density at radius 1 is 1.16 bits per heavy atom. The maximum atomic E-state index is 12.7. The standard InChI is InChI=1S/C20H21ClN2O2/c1-13(16-4-3-5-17(21)12-16)23(2)20(25)15-8-10-18(11-9-15)22-19(24)14-6-7-14/h3-5,8-14H,6-7H2,1-2H3,(H,22,24). The molecule has 4 nitrogen and oxygen atoms in total. The van der Waals surface area contributed by atoms with Crippen LogP contribution >= 0.6 is 11.6 Å². The molecule has 0 bridgehead atoms. The first kappa shape index (κ1) is 17.5. The second-order valence-electron chi connectivity index (χ2n) is 6.49. The molecule has 25 heavy (non-hydrogen) atoms. The van der Waals surface area contributed by atoms with Gasteiger partial charge in [0.15, 0.2) is 0 Å². The minimum absolute atomic E-state index is 0.0609. The highest BCUT2D eigenvalue weighted by Gasteiger charge is 2.29. The van der Waals surface area contributed by atoms with E-state index in [-0.39, 0.29) is 23.8 Å². The monoisotopic (exact) mass is 356 g/mol. The van der Waals surface area contributed by atoms with E-state index in [1.165, 1.54) is 0 Å². The molecule has 1 aliphatic rings. The molecule has 0 heterocycles. The van der Waals surface area contributed by atoms with Gasteiger partial charge in [0.25, 0.3) is 5.91 Å². The van der Waals surface area contributed by atoms with E-state index < -0.39 is 0 Å². The number of carbonyl (C=O) groups is 2. The second-order valence-corrected chi connectivity index (χ2v) is 6.92. The van der Waals surface area contributed by atoms with E-state index in [1.54, 1.807) is 36.2 Å². The fraction of sp³-hybridized carbons (Fsp3) is 0.300. The topological polar surface area (TPSA) is 49.4 Å².